The molecule has 22 heavy (non-hydrogen) atoms. The van der Waals surface area contributed by atoms with Crippen molar-refractivity contribution < 1.29 is 12.9 Å². The molecule has 1 atom stereocenters. The molecule has 3 rings (SSSR count). The van der Waals surface area contributed by atoms with Crippen LogP contribution < -0.4 is 10.0 Å². The highest BCUT2D eigenvalue weighted by atomic mass is 35.5. The second kappa shape index (κ2) is 7.23. The topological polar surface area (TPSA) is 84.2 Å². The second-order valence-corrected chi connectivity index (χ2v) is 6.72. The molecular formula is C14H18ClN3O3S. The van der Waals surface area contributed by atoms with E-state index in [1.807, 2.05) is 0 Å². The van der Waals surface area contributed by atoms with Gasteiger partial charge in [-0.3, -0.25) is 0 Å². The van der Waals surface area contributed by atoms with Gasteiger partial charge in [0, 0.05) is 24.2 Å². The van der Waals surface area contributed by atoms with E-state index in [4.69, 9.17) is 4.52 Å². The van der Waals surface area contributed by atoms with Crippen molar-refractivity contribution in [2.24, 2.45) is 0 Å². The molecule has 0 amide bonds. The van der Waals surface area contributed by atoms with Gasteiger partial charge in [-0.25, -0.2) is 13.1 Å². The monoisotopic (exact) mass is 343 g/mol. The number of aromatic nitrogens is 1. The molecule has 6 nitrogen and oxygen atoms in total. The molecule has 2 heterocycles. The van der Waals surface area contributed by atoms with Crippen LogP contribution in [0.2, 0.25) is 0 Å². The first-order valence-corrected chi connectivity index (χ1v) is 8.38. The summed E-state index contributed by atoms with van der Waals surface area (Å²) in [5.74, 6) is 0.442. The lowest BCUT2D eigenvalue weighted by atomic mass is 10.1. The maximum Gasteiger partial charge on any atom is 0.241 e. The normalized spacial score (nSPS) is 18.6. The standard InChI is InChI=1S/C14H17N3O3S.ClH/c18-21(19,17-11-4-3-8-15-10-11)14-6-2-1-5-12(14)13-7-9-16-20-13;/h1-2,5-7,9,11,15,17H,3-4,8,10H2;1H/t11-;/m0./s1. The summed E-state index contributed by atoms with van der Waals surface area (Å²) in [7, 11) is -3.59. The summed E-state index contributed by atoms with van der Waals surface area (Å²) in [4.78, 5) is 0.215. The molecule has 0 aliphatic carbocycles. The minimum absolute atomic E-state index is 0. The molecule has 0 spiro atoms. The lowest BCUT2D eigenvalue weighted by Crippen LogP contribution is -2.45. The van der Waals surface area contributed by atoms with Gasteiger partial charge < -0.3 is 9.84 Å². The lowest BCUT2D eigenvalue weighted by molar-refractivity contribution is 0.427. The molecule has 0 bridgehead atoms. The van der Waals surface area contributed by atoms with Gasteiger partial charge in [0.2, 0.25) is 10.0 Å². The molecule has 1 aromatic heterocycles. The number of sulfonamides is 1. The first kappa shape index (κ1) is 17.0. The van der Waals surface area contributed by atoms with Crippen LogP contribution in [0.5, 0.6) is 0 Å². The highest BCUT2D eigenvalue weighted by molar-refractivity contribution is 7.89. The second-order valence-electron chi connectivity index (χ2n) is 5.04. The van der Waals surface area contributed by atoms with Gasteiger partial charge in [-0.15, -0.1) is 12.4 Å². The smallest absolute Gasteiger partial charge is 0.241 e. The highest BCUT2D eigenvalue weighted by Gasteiger charge is 2.25. The van der Waals surface area contributed by atoms with E-state index in [-0.39, 0.29) is 23.3 Å². The summed E-state index contributed by atoms with van der Waals surface area (Å²) < 4.78 is 33.1. The van der Waals surface area contributed by atoms with Gasteiger partial charge in [-0.05, 0) is 31.5 Å². The van der Waals surface area contributed by atoms with Gasteiger partial charge in [-0.1, -0.05) is 17.3 Å². The molecule has 1 aromatic carbocycles. The van der Waals surface area contributed by atoms with Crippen LogP contribution in [0.1, 0.15) is 12.8 Å². The van der Waals surface area contributed by atoms with Crippen molar-refractivity contribution in [3.8, 4) is 11.3 Å². The Labute approximate surface area is 135 Å². The van der Waals surface area contributed by atoms with Gasteiger partial charge in [0.15, 0.2) is 5.76 Å². The predicted octanol–water partition coefficient (Wildman–Crippen LogP) is 1.79. The Morgan fingerprint density at radius 3 is 2.77 bits per heavy atom. The quantitative estimate of drug-likeness (QED) is 0.884. The predicted molar refractivity (Wildman–Crippen MR) is 85.4 cm³/mol. The van der Waals surface area contributed by atoms with Crippen LogP contribution in [0.3, 0.4) is 0 Å². The summed E-state index contributed by atoms with van der Waals surface area (Å²) in [5.41, 5.74) is 0.520. The average molecular weight is 344 g/mol. The van der Waals surface area contributed by atoms with Crippen LogP contribution in [-0.2, 0) is 10.0 Å². The Kier molecular flexibility index (Phi) is 5.57. The molecular weight excluding hydrogens is 326 g/mol. The molecule has 2 aromatic rings. The Balaban J connectivity index is 0.00000176. The highest BCUT2D eigenvalue weighted by Crippen LogP contribution is 2.27. The summed E-state index contributed by atoms with van der Waals surface area (Å²) >= 11 is 0. The van der Waals surface area contributed by atoms with E-state index in [2.05, 4.69) is 15.2 Å². The Hall–Kier alpha value is -1.41. The summed E-state index contributed by atoms with van der Waals surface area (Å²) in [6.45, 7) is 1.59. The Morgan fingerprint density at radius 2 is 2.09 bits per heavy atom. The molecule has 1 fully saturated rings. The number of nitrogens with zero attached hydrogens (tertiary/aromatic N) is 1. The Morgan fingerprint density at radius 1 is 1.27 bits per heavy atom. The number of piperidine rings is 1. The summed E-state index contributed by atoms with van der Waals surface area (Å²) in [6.07, 6.45) is 3.31. The number of nitrogens with one attached hydrogen (secondary N) is 2. The number of benzene rings is 1. The van der Waals surface area contributed by atoms with Crippen molar-refractivity contribution in [2.45, 2.75) is 23.8 Å². The number of rotatable bonds is 4. The minimum Gasteiger partial charge on any atom is -0.356 e. The average Bonchev–Trinajstić information content (AvgIpc) is 3.02. The molecule has 1 saturated heterocycles. The molecule has 120 valence electrons. The van der Waals surface area contributed by atoms with Gasteiger partial charge in [-0.2, -0.15) is 0 Å². The molecule has 2 N–H and O–H groups in total. The van der Waals surface area contributed by atoms with Crippen molar-refractivity contribution in [1.82, 2.24) is 15.2 Å². The molecule has 8 heteroatoms. The lowest BCUT2D eigenvalue weighted by Gasteiger charge is -2.24. The SMILES string of the molecule is Cl.O=S(=O)(N[C@H]1CCCNC1)c1ccccc1-c1ccno1. The first-order valence-electron chi connectivity index (χ1n) is 6.90. The van der Waals surface area contributed by atoms with E-state index in [0.717, 1.165) is 19.4 Å². The molecule has 0 radical (unpaired) electrons. The van der Waals surface area contributed by atoms with Gasteiger partial charge in [0.05, 0.1) is 11.1 Å². The fourth-order valence-electron chi connectivity index (χ4n) is 2.49. The maximum atomic E-state index is 12.6. The van der Waals surface area contributed by atoms with Crippen LogP contribution >= 0.6 is 12.4 Å². The number of hydrogen-bond donors (Lipinski definition) is 2. The van der Waals surface area contributed by atoms with Crippen molar-refractivity contribution >= 4 is 22.4 Å². The van der Waals surface area contributed by atoms with Gasteiger partial charge >= 0.3 is 0 Å². The first-order chi connectivity index (χ1) is 10.2. The summed E-state index contributed by atoms with van der Waals surface area (Å²) in [6, 6.07) is 8.35. The Bertz CT molecular complexity index is 698. The van der Waals surface area contributed by atoms with Crippen molar-refractivity contribution in [1.29, 1.82) is 0 Å². The van der Waals surface area contributed by atoms with Crippen LogP contribution in [-0.4, -0.2) is 32.7 Å². The fourth-order valence-corrected chi connectivity index (χ4v) is 3.98. The largest absolute Gasteiger partial charge is 0.356 e. The molecule has 0 unspecified atom stereocenters. The van der Waals surface area contributed by atoms with E-state index in [9.17, 15) is 8.42 Å². The third-order valence-corrected chi connectivity index (χ3v) is 5.08. The fraction of sp³-hybridized carbons (Fsp3) is 0.357. The summed E-state index contributed by atoms with van der Waals surface area (Å²) in [5, 5.41) is 6.83. The van der Waals surface area contributed by atoms with Crippen molar-refractivity contribution in [3.63, 3.8) is 0 Å². The number of hydrogen-bond acceptors (Lipinski definition) is 5. The zero-order chi connectivity index (χ0) is 14.7. The van der Waals surface area contributed by atoms with E-state index >= 15 is 0 Å². The van der Waals surface area contributed by atoms with Crippen LogP contribution in [0, 0.1) is 0 Å². The van der Waals surface area contributed by atoms with E-state index in [0.29, 0.717) is 17.9 Å². The van der Waals surface area contributed by atoms with Crippen molar-refractivity contribution in [3.05, 3.63) is 36.5 Å². The van der Waals surface area contributed by atoms with E-state index < -0.39 is 10.0 Å². The van der Waals surface area contributed by atoms with Gasteiger partial charge in [0.1, 0.15) is 0 Å². The molecule has 1 aliphatic heterocycles. The third kappa shape index (κ3) is 3.67. The van der Waals surface area contributed by atoms with E-state index in [1.165, 1.54) is 6.20 Å². The van der Waals surface area contributed by atoms with Gasteiger partial charge in [0.25, 0.3) is 0 Å². The molecule has 0 saturated carbocycles. The number of halogens is 1. The van der Waals surface area contributed by atoms with Crippen LogP contribution in [0.15, 0.2) is 45.9 Å². The third-order valence-electron chi connectivity index (χ3n) is 3.50. The maximum absolute atomic E-state index is 12.6. The molecule has 1 aliphatic rings. The van der Waals surface area contributed by atoms with Crippen LogP contribution in [0.25, 0.3) is 11.3 Å². The minimum atomic E-state index is -3.59. The van der Waals surface area contributed by atoms with E-state index in [1.54, 1.807) is 30.3 Å². The zero-order valence-corrected chi connectivity index (χ0v) is 13.5. The van der Waals surface area contributed by atoms with Crippen LogP contribution in [0.4, 0.5) is 0 Å². The zero-order valence-electron chi connectivity index (χ0n) is 11.9. The van der Waals surface area contributed by atoms with Crippen molar-refractivity contribution in [2.75, 3.05) is 13.1 Å².